The van der Waals surface area contributed by atoms with Crippen molar-refractivity contribution in [1.82, 2.24) is 14.9 Å². The molecule has 1 saturated heterocycles. The molecule has 3 atom stereocenters. The van der Waals surface area contributed by atoms with Crippen LogP contribution in [0.1, 0.15) is 30.5 Å². The first kappa shape index (κ1) is 22.4. The Morgan fingerprint density at radius 2 is 1.91 bits per heavy atom. The highest BCUT2D eigenvalue weighted by Gasteiger charge is 2.22. The average molecular weight is 447 g/mol. The number of hydrogen-bond acceptors (Lipinski definition) is 6. The second-order valence-corrected chi connectivity index (χ2v) is 7.66. The molecule has 1 aliphatic heterocycles. The van der Waals surface area contributed by atoms with E-state index in [2.05, 4.69) is 22.1 Å². The summed E-state index contributed by atoms with van der Waals surface area (Å²) < 4.78 is 12.4. The number of aliphatic hydroxyl groups excluding tert-OH is 2. The number of imidazole rings is 1. The smallest absolute Gasteiger partial charge is 0.407 e. The first-order valence-corrected chi connectivity index (χ1v) is 10.6. The molecule has 8 heteroatoms. The SMILES string of the molecule is C[C@H](O)c1nccn1[C@@H](C#Cc1ccc(-c2ccc(OC[C@@H]3CNC(=O)O3)cc2)cc1)CO. The van der Waals surface area contributed by atoms with Crippen LogP contribution in [0.3, 0.4) is 0 Å². The monoisotopic (exact) mass is 447 g/mol. The van der Waals surface area contributed by atoms with Gasteiger partial charge >= 0.3 is 6.09 Å². The van der Waals surface area contributed by atoms with E-state index in [1.807, 2.05) is 48.5 Å². The number of nitrogens with zero attached hydrogens (tertiary/aromatic N) is 2. The van der Waals surface area contributed by atoms with Gasteiger partial charge in [0.2, 0.25) is 0 Å². The maximum atomic E-state index is 11.1. The van der Waals surface area contributed by atoms with Crippen LogP contribution in [0.2, 0.25) is 0 Å². The number of benzene rings is 2. The van der Waals surface area contributed by atoms with Gasteiger partial charge in [-0.05, 0) is 42.3 Å². The van der Waals surface area contributed by atoms with Crippen molar-refractivity contribution in [3.05, 3.63) is 72.3 Å². The van der Waals surface area contributed by atoms with Crippen molar-refractivity contribution in [3.8, 4) is 28.7 Å². The molecule has 0 aliphatic carbocycles. The second-order valence-electron chi connectivity index (χ2n) is 7.66. The van der Waals surface area contributed by atoms with Gasteiger partial charge in [-0.15, -0.1) is 0 Å². The number of nitrogens with one attached hydrogen (secondary N) is 1. The van der Waals surface area contributed by atoms with Crippen molar-refractivity contribution in [3.63, 3.8) is 0 Å². The minimum atomic E-state index is -0.746. The molecular weight excluding hydrogens is 422 g/mol. The lowest BCUT2D eigenvalue weighted by atomic mass is 10.0. The fraction of sp³-hybridized carbons (Fsp3) is 0.280. The lowest BCUT2D eigenvalue weighted by Crippen LogP contribution is -2.21. The zero-order chi connectivity index (χ0) is 23.2. The van der Waals surface area contributed by atoms with E-state index in [0.717, 1.165) is 16.7 Å². The number of alkyl carbamates (subject to hydrolysis) is 1. The van der Waals surface area contributed by atoms with Gasteiger partial charge in [0.05, 0.1) is 13.2 Å². The Kier molecular flexibility index (Phi) is 6.93. The minimum absolute atomic E-state index is 0.185. The summed E-state index contributed by atoms with van der Waals surface area (Å²) in [5.41, 5.74) is 2.88. The van der Waals surface area contributed by atoms with E-state index >= 15 is 0 Å². The van der Waals surface area contributed by atoms with Crippen LogP contribution in [0.5, 0.6) is 5.75 Å². The summed E-state index contributed by atoms with van der Waals surface area (Å²) in [6.07, 6.45) is 1.85. The van der Waals surface area contributed by atoms with E-state index in [1.54, 1.807) is 23.9 Å². The molecule has 2 heterocycles. The zero-order valence-electron chi connectivity index (χ0n) is 18.1. The number of amides is 1. The van der Waals surface area contributed by atoms with Crippen LogP contribution in [0.15, 0.2) is 60.9 Å². The van der Waals surface area contributed by atoms with Gasteiger partial charge in [-0.1, -0.05) is 36.1 Å². The number of ether oxygens (including phenoxy) is 2. The summed E-state index contributed by atoms with van der Waals surface area (Å²) in [6, 6.07) is 15.0. The standard InChI is InChI=1S/C25H25N3O5/c1-17(30)24-26-12-13-28(24)21(15-29)9-4-18-2-5-19(6-3-18)20-7-10-22(11-8-20)32-16-23-14-27-25(31)33-23/h2-3,5-8,10-13,17,21,23,29-30H,14-16H2,1H3,(H,27,31)/t17-,21-,23-/m0/s1. The van der Waals surface area contributed by atoms with Crippen molar-refractivity contribution in [2.75, 3.05) is 19.8 Å². The predicted molar refractivity (Wildman–Crippen MR) is 122 cm³/mol. The van der Waals surface area contributed by atoms with Crippen LogP contribution < -0.4 is 10.1 Å². The molecule has 0 unspecified atom stereocenters. The van der Waals surface area contributed by atoms with Crippen molar-refractivity contribution < 1.29 is 24.5 Å². The highest BCUT2D eigenvalue weighted by Crippen LogP contribution is 2.23. The first-order chi connectivity index (χ1) is 16.0. The molecule has 3 N–H and O–H groups in total. The van der Waals surface area contributed by atoms with Crippen LogP contribution in [0, 0.1) is 11.8 Å². The normalized spacial score (nSPS) is 16.8. The lowest BCUT2D eigenvalue weighted by molar-refractivity contribution is 0.105. The number of carbonyl (C=O) groups is 1. The zero-order valence-corrected chi connectivity index (χ0v) is 18.1. The molecule has 1 aromatic heterocycles. The van der Waals surface area contributed by atoms with Crippen LogP contribution in [-0.2, 0) is 4.74 Å². The molecule has 1 amide bonds. The van der Waals surface area contributed by atoms with Gasteiger partial charge < -0.3 is 29.6 Å². The molecule has 0 bridgehead atoms. The highest BCUT2D eigenvalue weighted by atomic mass is 16.6. The highest BCUT2D eigenvalue weighted by molar-refractivity contribution is 5.69. The fourth-order valence-electron chi connectivity index (χ4n) is 3.49. The minimum Gasteiger partial charge on any atom is -0.490 e. The van der Waals surface area contributed by atoms with Crippen LogP contribution in [-0.4, -0.2) is 51.7 Å². The van der Waals surface area contributed by atoms with Gasteiger partial charge in [0.1, 0.15) is 30.3 Å². The maximum Gasteiger partial charge on any atom is 0.407 e. The van der Waals surface area contributed by atoms with Gasteiger partial charge in [-0.2, -0.15) is 0 Å². The van der Waals surface area contributed by atoms with Crippen LogP contribution in [0.4, 0.5) is 4.79 Å². The van der Waals surface area contributed by atoms with Crippen molar-refractivity contribution in [2.45, 2.75) is 25.2 Å². The fourth-order valence-corrected chi connectivity index (χ4v) is 3.49. The number of rotatable bonds is 7. The summed E-state index contributed by atoms with van der Waals surface area (Å²) in [6.45, 7) is 2.20. The Balaban J connectivity index is 1.39. The predicted octanol–water partition coefficient (Wildman–Crippen LogP) is 2.68. The van der Waals surface area contributed by atoms with Gasteiger partial charge in [0.15, 0.2) is 6.10 Å². The Labute approximate surface area is 191 Å². The third-order valence-corrected chi connectivity index (χ3v) is 5.22. The molecule has 0 saturated carbocycles. The van der Waals surface area contributed by atoms with E-state index in [1.165, 1.54) is 0 Å². The van der Waals surface area contributed by atoms with Gasteiger partial charge in [0.25, 0.3) is 0 Å². The lowest BCUT2D eigenvalue weighted by Gasteiger charge is -2.14. The largest absolute Gasteiger partial charge is 0.490 e. The quantitative estimate of drug-likeness (QED) is 0.481. The Morgan fingerprint density at radius 1 is 1.21 bits per heavy atom. The molecule has 4 rings (SSSR count). The summed E-state index contributed by atoms with van der Waals surface area (Å²) in [4.78, 5) is 15.2. The van der Waals surface area contributed by atoms with Crippen molar-refractivity contribution in [2.24, 2.45) is 0 Å². The Morgan fingerprint density at radius 3 is 2.52 bits per heavy atom. The summed E-state index contributed by atoms with van der Waals surface area (Å²) >= 11 is 0. The molecule has 0 radical (unpaired) electrons. The van der Waals surface area contributed by atoms with Crippen LogP contribution in [0.25, 0.3) is 11.1 Å². The average Bonchev–Trinajstić information content (AvgIpc) is 3.48. The number of cyclic esters (lactones) is 1. The van der Waals surface area contributed by atoms with E-state index in [9.17, 15) is 15.0 Å². The maximum absolute atomic E-state index is 11.1. The molecular formula is C25H25N3O5. The van der Waals surface area contributed by atoms with Gasteiger partial charge in [-0.3, -0.25) is 0 Å². The third kappa shape index (κ3) is 5.52. The molecule has 2 aromatic carbocycles. The molecule has 170 valence electrons. The molecule has 3 aromatic rings. The van der Waals surface area contributed by atoms with Crippen LogP contribution >= 0.6 is 0 Å². The van der Waals surface area contributed by atoms with Gasteiger partial charge in [-0.25, -0.2) is 9.78 Å². The number of aliphatic hydroxyl groups is 2. The van der Waals surface area contributed by atoms with Crippen molar-refractivity contribution >= 4 is 6.09 Å². The molecule has 1 fully saturated rings. The van der Waals surface area contributed by atoms with E-state index < -0.39 is 18.2 Å². The van der Waals surface area contributed by atoms with Crippen molar-refractivity contribution in [1.29, 1.82) is 0 Å². The summed E-state index contributed by atoms with van der Waals surface area (Å²) in [5.74, 6) is 7.30. The summed E-state index contributed by atoms with van der Waals surface area (Å²) in [5, 5.41) is 22.2. The Hall–Kier alpha value is -3.80. The second kappa shape index (κ2) is 10.2. The molecule has 0 spiro atoms. The Bertz CT molecular complexity index is 1140. The van der Waals surface area contributed by atoms with E-state index in [0.29, 0.717) is 24.7 Å². The first-order valence-electron chi connectivity index (χ1n) is 10.6. The van der Waals surface area contributed by atoms with E-state index in [-0.39, 0.29) is 12.7 Å². The molecule has 1 aliphatic rings. The number of aromatic nitrogens is 2. The topological polar surface area (TPSA) is 106 Å². The third-order valence-electron chi connectivity index (χ3n) is 5.22. The van der Waals surface area contributed by atoms with E-state index in [4.69, 9.17) is 9.47 Å². The molecule has 8 nitrogen and oxygen atoms in total. The number of hydrogen-bond donors (Lipinski definition) is 3. The van der Waals surface area contributed by atoms with Gasteiger partial charge in [0, 0.05) is 18.0 Å². The number of carbonyl (C=O) groups excluding carboxylic acids is 1. The molecule has 33 heavy (non-hydrogen) atoms. The summed E-state index contributed by atoms with van der Waals surface area (Å²) in [7, 11) is 0.